The van der Waals surface area contributed by atoms with Gasteiger partial charge in [-0.1, -0.05) is 0 Å². The number of rotatable bonds is 6. The molecule has 0 fully saturated rings. The van der Waals surface area contributed by atoms with Crippen LogP contribution in [0.5, 0.6) is 0 Å². The fraction of sp³-hybridized carbons (Fsp3) is 0.727. The van der Waals surface area contributed by atoms with E-state index in [2.05, 4.69) is 29.5 Å². The van der Waals surface area contributed by atoms with Crippen molar-refractivity contribution in [3.8, 4) is 0 Å². The number of aromatic nitrogens is 1. The molecule has 15 heavy (non-hydrogen) atoms. The van der Waals surface area contributed by atoms with Gasteiger partial charge in [-0.05, 0) is 20.8 Å². The third-order valence-corrected chi connectivity index (χ3v) is 3.57. The number of hydrogen-bond acceptors (Lipinski definition) is 4. The SMILES string of the molecule is COC(C)C(C)NCCc1nc(C)cs1. The van der Waals surface area contributed by atoms with Crippen molar-refractivity contribution < 1.29 is 4.74 Å². The molecule has 1 heterocycles. The first-order chi connectivity index (χ1) is 7.13. The molecule has 0 aliphatic rings. The molecule has 0 bridgehead atoms. The van der Waals surface area contributed by atoms with Gasteiger partial charge >= 0.3 is 0 Å². The normalized spacial score (nSPS) is 15.2. The Hall–Kier alpha value is -0.450. The average Bonchev–Trinajstić information content (AvgIpc) is 2.63. The van der Waals surface area contributed by atoms with Crippen molar-refractivity contribution in [1.29, 1.82) is 0 Å². The van der Waals surface area contributed by atoms with Crippen LogP contribution >= 0.6 is 11.3 Å². The van der Waals surface area contributed by atoms with E-state index in [0.717, 1.165) is 18.7 Å². The van der Waals surface area contributed by atoms with Crippen molar-refractivity contribution in [1.82, 2.24) is 10.3 Å². The minimum atomic E-state index is 0.253. The Bertz CT molecular complexity index is 288. The summed E-state index contributed by atoms with van der Waals surface area (Å²) in [6.07, 6.45) is 1.25. The molecule has 0 saturated heterocycles. The second-order valence-electron chi connectivity index (χ2n) is 3.82. The Balaban J connectivity index is 2.21. The molecule has 0 aromatic carbocycles. The average molecular weight is 228 g/mol. The Labute approximate surface area is 95.9 Å². The summed E-state index contributed by atoms with van der Waals surface area (Å²) >= 11 is 1.73. The predicted molar refractivity (Wildman–Crippen MR) is 64.5 cm³/mol. The molecule has 0 saturated carbocycles. The van der Waals surface area contributed by atoms with Crippen LogP contribution in [0, 0.1) is 6.92 Å². The van der Waals surface area contributed by atoms with Crippen molar-refractivity contribution in [2.75, 3.05) is 13.7 Å². The molecule has 86 valence electrons. The lowest BCUT2D eigenvalue weighted by molar-refractivity contribution is 0.0890. The Morgan fingerprint density at radius 2 is 2.27 bits per heavy atom. The van der Waals surface area contributed by atoms with Crippen LogP contribution in [0.1, 0.15) is 24.5 Å². The summed E-state index contributed by atoms with van der Waals surface area (Å²) in [7, 11) is 1.74. The summed E-state index contributed by atoms with van der Waals surface area (Å²) in [5.74, 6) is 0. The number of methoxy groups -OCH3 is 1. The topological polar surface area (TPSA) is 34.1 Å². The smallest absolute Gasteiger partial charge is 0.0940 e. The van der Waals surface area contributed by atoms with E-state index in [0.29, 0.717) is 6.04 Å². The van der Waals surface area contributed by atoms with Crippen molar-refractivity contribution in [2.24, 2.45) is 0 Å². The number of nitrogens with one attached hydrogen (secondary N) is 1. The van der Waals surface area contributed by atoms with E-state index in [-0.39, 0.29) is 6.10 Å². The highest BCUT2D eigenvalue weighted by Gasteiger charge is 2.09. The van der Waals surface area contributed by atoms with Gasteiger partial charge in [0, 0.05) is 37.2 Å². The molecule has 1 rings (SSSR count). The lowest BCUT2D eigenvalue weighted by atomic mass is 10.2. The zero-order chi connectivity index (χ0) is 11.3. The van der Waals surface area contributed by atoms with E-state index in [9.17, 15) is 0 Å². The Morgan fingerprint density at radius 3 is 2.80 bits per heavy atom. The van der Waals surface area contributed by atoms with Gasteiger partial charge in [0.05, 0.1) is 11.1 Å². The molecule has 3 nitrogen and oxygen atoms in total. The minimum absolute atomic E-state index is 0.253. The van der Waals surface area contributed by atoms with E-state index in [1.807, 2.05) is 6.92 Å². The lowest BCUT2D eigenvalue weighted by Crippen LogP contribution is -2.37. The van der Waals surface area contributed by atoms with Crippen LogP contribution in [0.3, 0.4) is 0 Å². The molecular formula is C11H20N2OS. The number of ether oxygens (including phenoxy) is 1. The number of aryl methyl sites for hydroxylation is 1. The first-order valence-electron chi connectivity index (χ1n) is 5.30. The maximum atomic E-state index is 5.24. The first-order valence-corrected chi connectivity index (χ1v) is 6.18. The van der Waals surface area contributed by atoms with Crippen LogP contribution < -0.4 is 5.32 Å². The van der Waals surface area contributed by atoms with Gasteiger partial charge in [0.1, 0.15) is 0 Å². The van der Waals surface area contributed by atoms with Crippen molar-refractivity contribution >= 4 is 11.3 Å². The maximum absolute atomic E-state index is 5.24. The van der Waals surface area contributed by atoms with E-state index >= 15 is 0 Å². The van der Waals surface area contributed by atoms with Gasteiger partial charge in [-0.3, -0.25) is 0 Å². The molecule has 4 heteroatoms. The molecule has 0 spiro atoms. The highest BCUT2D eigenvalue weighted by molar-refractivity contribution is 7.09. The van der Waals surface area contributed by atoms with Crippen LogP contribution in [0.2, 0.25) is 0 Å². The van der Waals surface area contributed by atoms with E-state index in [4.69, 9.17) is 4.74 Å². The monoisotopic (exact) mass is 228 g/mol. The molecule has 0 radical (unpaired) electrons. The summed E-state index contributed by atoms with van der Waals surface area (Å²) in [4.78, 5) is 4.42. The zero-order valence-electron chi connectivity index (χ0n) is 9.91. The highest BCUT2D eigenvalue weighted by Crippen LogP contribution is 2.08. The van der Waals surface area contributed by atoms with E-state index < -0.39 is 0 Å². The van der Waals surface area contributed by atoms with Gasteiger partial charge in [-0.2, -0.15) is 0 Å². The van der Waals surface area contributed by atoms with Gasteiger partial charge in [-0.15, -0.1) is 11.3 Å². The fourth-order valence-corrected chi connectivity index (χ4v) is 2.07. The minimum Gasteiger partial charge on any atom is -0.380 e. The summed E-state index contributed by atoms with van der Waals surface area (Å²) in [6.45, 7) is 7.21. The van der Waals surface area contributed by atoms with E-state index in [1.54, 1.807) is 18.4 Å². The maximum Gasteiger partial charge on any atom is 0.0940 e. The van der Waals surface area contributed by atoms with Crippen LogP contribution in [-0.4, -0.2) is 30.8 Å². The van der Waals surface area contributed by atoms with Gasteiger partial charge in [-0.25, -0.2) is 4.98 Å². The van der Waals surface area contributed by atoms with Crippen LogP contribution in [0.4, 0.5) is 0 Å². The van der Waals surface area contributed by atoms with Crippen molar-refractivity contribution in [2.45, 2.75) is 39.3 Å². The standard InChI is InChI=1S/C11H20N2OS/c1-8-7-15-11(13-8)5-6-12-9(2)10(3)14-4/h7,9-10,12H,5-6H2,1-4H3. The predicted octanol–water partition coefficient (Wildman–Crippen LogP) is 2.01. The molecule has 2 atom stereocenters. The second kappa shape index (κ2) is 6.20. The van der Waals surface area contributed by atoms with Crippen LogP contribution in [0.15, 0.2) is 5.38 Å². The summed E-state index contributed by atoms with van der Waals surface area (Å²) in [5.41, 5.74) is 1.12. The molecule has 2 unspecified atom stereocenters. The Morgan fingerprint density at radius 1 is 1.53 bits per heavy atom. The molecule has 0 aliphatic carbocycles. The largest absolute Gasteiger partial charge is 0.380 e. The third-order valence-electron chi connectivity index (χ3n) is 2.55. The lowest BCUT2D eigenvalue weighted by Gasteiger charge is -2.19. The van der Waals surface area contributed by atoms with Gasteiger partial charge < -0.3 is 10.1 Å². The quantitative estimate of drug-likeness (QED) is 0.808. The highest BCUT2D eigenvalue weighted by atomic mass is 32.1. The molecule has 1 aromatic rings. The zero-order valence-corrected chi connectivity index (χ0v) is 10.7. The first kappa shape index (κ1) is 12.6. The fourth-order valence-electron chi connectivity index (χ4n) is 1.29. The number of nitrogens with zero attached hydrogens (tertiary/aromatic N) is 1. The van der Waals surface area contributed by atoms with Crippen LogP contribution in [0.25, 0.3) is 0 Å². The van der Waals surface area contributed by atoms with Gasteiger partial charge in [0.25, 0.3) is 0 Å². The van der Waals surface area contributed by atoms with E-state index in [1.165, 1.54) is 5.01 Å². The molecular weight excluding hydrogens is 208 g/mol. The number of thiazole rings is 1. The van der Waals surface area contributed by atoms with Crippen molar-refractivity contribution in [3.63, 3.8) is 0 Å². The molecule has 1 aromatic heterocycles. The molecule has 1 N–H and O–H groups in total. The second-order valence-corrected chi connectivity index (χ2v) is 4.76. The van der Waals surface area contributed by atoms with Crippen LogP contribution in [-0.2, 0) is 11.2 Å². The third kappa shape index (κ3) is 4.28. The summed E-state index contributed by atoms with van der Waals surface area (Å²) in [6, 6.07) is 0.385. The molecule has 0 aliphatic heterocycles. The summed E-state index contributed by atoms with van der Waals surface area (Å²) < 4.78 is 5.24. The molecule has 0 amide bonds. The summed E-state index contributed by atoms with van der Waals surface area (Å²) in [5, 5.41) is 6.73. The Kier molecular flexibility index (Phi) is 5.22. The van der Waals surface area contributed by atoms with Gasteiger partial charge in [0.15, 0.2) is 0 Å². The van der Waals surface area contributed by atoms with Gasteiger partial charge in [0.2, 0.25) is 0 Å². The van der Waals surface area contributed by atoms with Crippen molar-refractivity contribution in [3.05, 3.63) is 16.1 Å². The number of hydrogen-bond donors (Lipinski definition) is 1.